The topological polar surface area (TPSA) is 40.1 Å². The zero-order chi connectivity index (χ0) is 6.28. The fourth-order valence-electron chi connectivity index (χ4n) is 0. The summed E-state index contributed by atoms with van der Waals surface area (Å²) in [7, 11) is 0. The normalized spacial score (nSPS) is 6.29. The number of aliphatic carboxylic acids is 1. The van der Waals surface area contributed by atoms with E-state index in [1.165, 1.54) is 25.2 Å². The second-order valence-corrected chi connectivity index (χ2v) is 0.726. The van der Waals surface area contributed by atoms with Crippen LogP contribution in [0.1, 0.15) is 13.3 Å². The molecule has 0 N–H and O–H groups in total. The number of carbonyl (C=O) groups is 1. The van der Waals surface area contributed by atoms with Crippen LogP contribution in [0.4, 0.5) is 0 Å². The number of hydrogen-bond acceptors (Lipinski definition) is 2. The number of carboxylic acid groups (broad SMARTS) is 1. The van der Waals surface area contributed by atoms with Crippen LogP contribution in [-0.4, -0.2) is 5.97 Å². The van der Waals surface area contributed by atoms with Crippen LogP contribution in [0.2, 0.25) is 5.52 Å². The summed E-state index contributed by atoms with van der Waals surface area (Å²) in [4.78, 5) is 9.26. The first-order valence-corrected chi connectivity index (χ1v) is 5.14. The first-order chi connectivity index (χ1) is 3.27. The standard InChI is InChI=1S/C3H6O2.CH3.Zn/c1-2-3(4)5;;/h2H2,1H3,(H,4,5);1H3;/q;;+1/p-1. The summed E-state index contributed by atoms with van der Waals surface area (Å²) in [5.74, 6) is -0.995. The van der Waals surface area contributed by atoms with E-state index in [1.54, 1.807) is 0 Å². The minimum atomic E-state index is -0.995. The summed E-state index contributed by atoms with van der Waals surface area (Å²) in [6.07, 6.45) is 0.111. The van der Waals surface area contributed by atoms with Gasteiger partial charge in [0, 0.05) is 5.97 Å². The van der Waals surface area contributed by atoms with E-state index in [4.69, 9.17) is 0 Å². The predicted molar refractivity (Wildman–Crippen MR) is 21.2 cm³/mol. The summed E-state index contributed by atoms with van der Waals surface area (Å²) in [5.41, 5.74) is 2.12. The third kappa shape index (κ3) is 23.3. The Bertz CT molecular complexity index is 45.0. The molecule has 2 nitrogen and oxygen atoms in total. The average Bonchev–Trinajstić information content (AvgIpc) is 1.73. The van der Waals surface area contributed by atoms with Crippen molar-refractivity contribution in [2.24, 2.45) is 0 Å². The molecule has 0 saturated carbocycles. The van der Waals surface area contributed by atoms with Crippen LogP contribution in [0, 0.1) is 0 Å². The zero-order valence-corrected chi connectivity index (χ0v) is 7.70. The summed E-state index contributed by atoms with van der Waals surface area (Å²) in [6.45, 7) is 1.54. The van der Waals surface area contributed by atoms with Crippen molar-refractivity contribution >= 4 is 5.97 Å². The number of carboxylic acids is 1. The van der Waals surface area contributed by atoms with E-state index in [2.05, 4.69) is 5.52 Å². The van der Waals surface area contributed by atoms with E-state index >= 15 is 0 Å². The van der Waals surface area contributed by atoms with Gasteiger partial charge in [0.2, 0.25) is 0 Å². The van der Waals surface area contributed by atoms with Gasteiger partial charge in [0.25, 0.3) is 0 Å². The Morgan fingerprint density at radius 3 is 1.86 bits per heavy atom. The maximum absolute atomic E-state index is 9.26. The first kappa shape index (κ1) is 10.2. The molecule has 0 bridgehead atoms. The molecule has 0 aromatic heterocycles. The second kappa shape index (κ2) is 9.43. The summed E-state index contributed by atoms with van der Waals surface area (Å²) in [5, 5.41) is 9.26. The summed E-state index contributed by atoms with van der Waals surface area (Å²) >= 11 is 1.38. The van der Waals surface area contributed by atoms with Crippen LogP contribution in [0.3, 0.4) is 0 Å². The molecule has 0 aliphatic carbocycles. The molecule has 38 valence electrons. The third-order valence-corrected chi connectivity index (χ3v) is 0.289. The van der Waals surface area contributed by atoms with Gasteiger partial charge in [0.1, 0.15) is 0 Å². The van der Waals surface area contributed by atoms with Crippen molar-refractivity contribution in [3.63, 3.8) is 0 Å². The molecule has 0 heterocycles. The molecule has 0 aliphatic heterocycles. The first-order valence-electron chi connectivity index (χ1n) is 2.18. The second-order valence-electron chi connectivity index (χ2n) is 0.726. The zero-order valence-electron chi connectivity index (χ0n) is 4.73. The molecule has 0 radical (unpaired) electrons. The molecule has 0 atom stereocenters. The molecule has 0 unspecified atom stereocenters. The van der Waals surface area contributed by atoms with Crippen LogP contribution in [0.25, 0.3) is 0 Å². The Hall–Kier alpha value is 0.0934. The summed E-state index contributed by atoms with van der Waals surface area (Å²) in [6, 6.07) is 0. The third-order valence-electron chi connectivity index (χ3n) is 0.289. The predicted octanol–water partition coefficient (Wildman–Crippen LogP) is -0.272. The van der Waals surface area contributed by atoms with E-state index < -0.39 is 5.97 Å². The van der Waals surface area contributed by atoms with Crippen molar-refractivity contribution < 1.29 is 28.2 Å². The molecule has 7 heavy (non-hydrogen) atoms. The Balaban J connectivity index is 0. The van der Waals surface area contributed by atoms with E-state index in [0.29, 0.717) is 0 Å². The van der Waals surface area contributed by atoms with Gasteiger partial charge >= 0.3 is 23.8 Å². The van der Waals surface area contributed by atoms with Gasteiger partial charge in [-0.1, -0.05) is 6.92 Å². The maximum atomic E-state index is 9.26. The monoisotopic (exact) mass is 152 g/mol. The van der Waals surface area contributed by atoms with E-state index in [0.717, 1.165) is 0 Å². The van der Waals surface area contributed by atoms with Crippen molar-refractivity contribution in [1.29, 1.82) is 0 Å². The average molecular weight is 153 g/mol. The number of carbonyl (C=O) groups excluding carboxylic acids is 1. The number of rotatable bonds is 1. The van der Waals surface area contributed by atoms with Gasteiger partial charge in [-0.25, -0.2) is 0 Å². The van der Waals surface area contributed by atoms with Crippen LogP contribution in [0.15, 0.2) is 0 Å². The Morgan fingerprint density at radius 2 is 1.86 bits per heavy atom. The van der Waals surface area contributed by atoms with Crippen molar-refractivity contribution in [2.75, 3.05) is 0 Å². The van der Waals surface area contributed by atoms with Gasteiger partial charge < -0.3 is 9.90 Å². The molecule has 0 rings (SSSR count). The molecule has 0 aromatic carbocycles. The van der Waals surface area contributed by atoms with Gasteiger partial charge in [0.05, 0.1) is 0 Å². The fraction of sp³-hybridized carbons (Fsp3) is 0.750. The molecular weight excluding hydrogens is 145 g/mol. The fourth-order valence-corrected chi connectivity index (χ4v) is 0. The molecule has 0 spiro atoms. The van der Waals surface area contributed by atoms with Gasteiger partial charge in [-0.15, -0.1) is 0 Å². The molecule has 0 aromatic rings. The van der Waals surface area contributed by atoms with Crippen molar-refractivity contribution in [2.45, 2.75) is 18.9 Å². The SMILES string of the molecule is CCC(=O)[O-].[CH3][Zn+]. The molecule has 3 heteroatoms. The molecule has 0 aliphatic rings. The Labute approximate surface area is 53.6 Å². The molecular formula is C4H8O2Zn. The van der Waals surface area contributed by atoms with Crippen LogP contribution >= 0.6 is 0 Å². The summed E-state index contributed by atoms with van der Waals surface area (Å²) < 4.78 is 0. The molecule has 0 saturated heterocycles. The van der Waals surface area contributed by atoms with Gasteiger partial charge in [-0.3, -0.25) is 0 Å². The van der Waals surface area contributed by atoms with E-state index in [1.807, 2.05) is 0 Å². The Morgan fingerprint density at radius 1 is 1.71 bits per heavy atom. The van der Waals surface area contributed by atoms with Gasteiger partial charge in [-0.2, -0.15) is 0 Å². The molecule has 0 fully saturated rings. The molecule has 0 amide bonds. The van der Waals surface area contributed by atoms with Crippen LogP contribution in [-0.2, 0) is 23.1 Å². The van der Waals surface area contributed by atoms with E-state index in [-0.39, 0.29) is 6.42 Å². The van der Waals surface area contributed by atoms with Crippen molar-refractivity contribution in [1.82, 2.24) is 0 Å². The van der Waals surface area contributed by atoms with Crippen LogP contribution in [0.5, 0.6) is 0 Å². The Kier molecular flexibility index (Phi) is 13.7. The quantitative estimate of drug-likeness (QED) is 0.487. The minimum absolute atomic E-state index is 0.111. The van der Waals surface area contributed by atoms with Gasteiger partial charge in [0.15, 0.2) is 0 Å². The van der Waals surface area contributed by atoms with Crippen molar-refractivity contribution in [3.8, 4) is 0 Å². The van der Waals surface area contributed by atoms with E-state index in [9.17, 15) is 9.90 Å². The van der Waals surface area contributed by atoms with Crippen molar-refractivity contribution in [3.05, 3.63) is 0 Å². The number of hydrogen-bond donors (Lipinski definition) is 0. The van der Waals surface area contributed by atoms with Crippen LogP contribution < -0.4 is 5.11 Å². The van der Waals surface area contributed by atoms with Gasteiger partial charge in [-0.05, 0) is 6.42 Å².